The summed E-state index contributed by atoms with van der Waals surface area (Å²) in [6.07, 6.45) is 0.0438. The van der Waals surface area contributed by atoms with E-state index in [-0.39, 0.29) is 0 Å². The first-order valence-electron chi connectivity index (χ1n) is 5.62. The van der Waals surface area contributed by atoms with Gasteiger partial charge in [-0.25, -0.2) is 0 Å². The lowest BCUT2D eigenvalue weighted by atomic mass is 9.79. The van der Waals surface area contributed by atoms with Crippen LogP contribution in [0.15, 0.2) is 12.1 Å². The molecular formula is C13H18O4. The topological polar surface area (TPSA) is 58.9 Å². The van der Waals surface area contributed by atoms with Gasteiger partial charge in [0.15, 0.2) is 0 Å². The van der Waals surface area contributed by atoms with Crippen molar-refractivity contribution in [3.05, 3.63) is 23.3 Å². The van der Waals surface area contributed by atoms with Crippen LogP contribution in [0, 0.1) is 0 Å². The molecule has 4 heteroatoms. The van der Waals surface area contributed by atoms with E-state index in [1.165, 1.54) is 0 Å². The maximum atomic E-state index is 10.1. The van der Waals surface area contributed by atoms with Gasteiger partial charge in [0.05, 0.1) is 25.9 Å². The fourth-order valence-corrected chi connectivity index (χ4v) is 2.51. The molecule has 94 valence electrons. The van der Waals surface area contributed by atoms with Crippen LogP contribution in [0.4, 0.5) is 0 Å². The molecule has 0 heterocycles. The highest BCUT2D eigenvalue weighted by Gasteiger charge is 2.36. The average Bonchev–Trinajstić information content (AvgIpc) is 2.25. The number of rotatable bonds is 2. The molecule has 4 nitrogen and oxygen atoms in total. The van der Waals surface area contributed by atoms with Crippen LogP contribution in [0.2, 0.25) is 0 Å². The molecule has 2 N–H and O–H groups in total. The van der Waals surface area contributed by atoms with Gasteiger partial charge in [-0.1, -0.05) is 0 Å². The lowest BCUT2D eigenvalue weighted by Crippen LogP contribution is -2.34. The van der Waals surface area contributed by atoms with Gasteiger partial charge in [0.25, 0.3) is 0 Å². The van der Waals surface area contributed by atoms with Crippen molar-refractivity contribution >= 4 is 0 Å². The molecule has 1 aromatic carbocycles. The molecule has 0 aliphatic heterocycles. The van der Waals surface area contributed by atoms with E-state index >= 15 is 0 Å². The summed E-state index contributed by atoms with van der Waals surface area (Å²) in [4.78, 5) is 0. The molecule has 1 aliphatic rings. The molecule has 0 bridgehead atoms. The van der Waals surface area contributed by atoms with Crippen LogP contribution in [-0.2, 0) is 6.42 Å². The Morgan fingerprint density at radius 2 is 1.82 bits per heavy atom. The molecule has 0 amide bonds. The maximum absolute atomic E-state index is 10.1. The van der Waals surface area contributed by atoms with E-state index in [0.29, 0.717) is 24.3 Å². The number of hydrogen-bond acceptors (Lipinski definition) is 4. The van der Waals surface area contributed by atoms with Crippen molar-refractivity contribution in [2.75, 3.05) is 14.2 Å². The molecule has 0 saturated carbocycles. The smallest absolute Gasteiger partial charge is 0.125 e. The average molecular weight is 238 g/mol. The minimum Gasteiger partial charge on any atom is -0.496 e. The Morgan fingerprint density at radius 1 is 1.24 bits per heavy atom. The van der Waals surface area contributed by atoms with E-state index < -0.39 is 11.7 Å². The largest absolute Gasteiger partial charge is 0.496 e. The highest BCUT2D eigenvalue weighted by Crippen LogP contribution is 2.44. The summed E-state index contributed by atoms with van der Waals surface area (Å²) < 4.78 is 10.5. The molecule has 17 heavy (non-hydrogen) atoms. The van der Waals surface area contributed by atoms with Gasteiger partial charge in [0.1, 0.15) is 11.5 Å². The summed E-state index contributed by atoms with van der Waals surface area (Å²) in [5, 5.41) is 20.3. The fraction of sp³-hybridized carbons (Fsp3) is 0.538. The number of hydrogen-bond donors (Lipinski definition) is 2. The highest BCUT2D eigenvalue weighted by atomic mass is 16.5. The minimum absolute atomic E-state index is 0.309. The van der Waals surface area contributed by atoms with Gasteiger partial charge in [0.2, 0.25) is 0 Å². The van der Waals surface area contributed by atoms with E-state index in [1.807, 2.05) is 0 Å². The Balaban J connectivity index is 2.59. The zero-order valence-electron chi connectivity index (χ0n) is 10.4. The second-order valence-corrected chi connectivity index (χ2v) is 4.76. The number of benzene rings is 1. The second-order valence-electron chi connectivity index (χ2n) is 4.76. The van der Waals surface area contributed by atoms with Crippen LogP contribution >= 0.6 is 0 Å². The first kappa shape index (κ1) is 12.2. The van der Waals surface area contributed by atoms with Gasteiger partial charge in [-0.2, -0.15) is 0 Å². The fourth-order valence-electron chi connectivity index (χ4n) is 2.51. The third-order valence-electron chi connectivity index (χ3n) is 3.24. The van der Waals surface area contributed by atoms with Crippen molar-refractivity contribution in [2.24, 2.45) is 0 Å². The predicted octanol–water partition coefficient (Wildman–Crippen LogP) is 1.43. The third-order valence-corrected chi connectivity index (χ3v) is 3.24. The summed E-state index contributed by atoms with van der Waals surface area (Å²) in [7, 11) is 3.15. The number of fused-ring (bicyclic) bond motifs is 1. The van der Waals surface area contributed by atoms with Gasteiger partial charge in [-0.15, -0.1) is 0 Å². The lowest BCUT2D eigenvalue weighted by Gasteiger charge is -2.34. The van der Waals surface area contributed by atoms with E-state index in [1.54, 1.807) is 33.3 Å². The van der Waals surface area contributed by atoms with Crippen LogP contribution in [0.5, 0.6) is 11.5 Å². The number of ether oxygens (including phenoxy) is 2. The van der Waals surface area contributed by atoms with Crippen LogP contribution < -0.4 is 9.47 Å². The van der Waals surface area contributed by atoms with Gasteiger partial charge >= 0.3 is 0 Å². The van der Waals surface area contributed by atoms with Crippen molar-refractivity contribution < 1.29 is 19.7 Å². The molecule has 0 spiro atoms. The first-order chi connectivity index (χ1) is 7.98. The molecule has 1 aromatic rings. The monoisotopic (exact) mass is 238 g/mol. The van der Waals surface area contributed by atoms with Crippen molar-refractivity contribution in [1.29, 1.82) is 0 Å². The zero-order chi connectivity index (χ0) is 12.6. The molecular weight excluding hydrogens is 220 g/mol. The van der Waals surface area contributed by atoms with Crippen molar-refractivity contribution in [2.45, 2.75) is 31.5 Å². The lowest BCUT2D eigenvalue weighted by molar-refractivity contribution is -0.00896. The molecule has 0 unspecified atom stereocenters. The molecule has 2 rings (SSSR count). The van der Waals surface area contributed by atoms with Crippen LogP contribution in [0.1, 0.15) is 30.6 Å². The van der Waals surface area contributed by atoms with Crippen molar-refractivity contribution in [1.82, 2.24) is 0 Å². The molecule has 0 saturated heterocycles. The highest BCUT2D eigenvalue weighted by molar-refractivity contribution is 5.52. The van der Waals surface area contributed by atoms with Gasteiger partial charge in [-0.05, 0) is 19.1 Å². The number of methoxy groups -OCH3 is 2. The molecule has 1 aliphatic carbocycles. The van der Waals surface area contributed by atoms with Gasteiger partial charge in [0, 0.05) is 24.0 Å². The molecule has 0 fully saturated rings. The predicted molar refractivity (Wildman–Crippen MR) is 63.5 cm³/mol. The summed E-state index contributed by atoms with van der Waals surface area (Å²) in [6, 6.07) is 3.58. The summed E-state index contributed by atoms with van der Waals surface area (Å²) in [5.74, 6) is 1.32. The minimum atomic E-state index is -0.911. The van der Waals surface area contributed by atoms with Crippen LogP contribution in [-0.4, -0.2) is 30.0 Å². The van der Waals surface area contributed by atoms with Crippen molar-refractivity contribution in [3.63, 3.8) is 0 Å². The summed E-state index contributed by atoms with van der Waals surface area (Å²) >= 11 is 0. The second kappa shape index (κ2) is 4.20. The van der Waals surface area contributed by atoms with E-state index in [9.17, 15) is 10.2 Å². The summed E-state index contributed by atoms with van der Waals surface area (Å²) in [6.45, 7) is 1.72. The Hall–Kier alpha value is -1.26. The van der Waals surface area contributed by atoms with Crippen LogP contribution in [0.3, 0.4) is 0 Å². The number of aliphatic hydroxyl groups excluding tert-OH is 1. The molecule has 0 radical (unpaired) electrons. The maximum Gasteiger partial charge on any atom is 0.125 e. The van der Waals surface area contributed by atoms with Gasteiger partial charge in [-0.3, -0.25) is 0 Å². The van der Waals surface area contributed by atoms with Gasteiger partial charge < -0.3 is 19.7 Å². The van der Waals surface area contributed by atoms with Crippen molar-refractivity contribution in [3.8, 4) is 11.5 Å². The van der Waals surface area contributed by atoms with Crippen LogP contribution in [0.25, 0.3) is 0 Å². The summed E-state index contributed by atoms with van der Waals surface area (Å²) in [5.41, 5.74) is 0.653. The van der Waals surface area contributed by atoms with E-state index in [2.05, 4.69) is 0 Å². The Bertz CT molecular complexity index is 426. The third kappa shape index (κ3) is 2.10. The molecule has 0 aromatic heterocycles. The standard InChI is InChI=1S/C13H18O4/c1-13(15)6-8-10(16-2)4-5-11(17-3)12(8)9(14)7-13/h4-5,9,14-15H,6-7H2,1-3H3/t9-,13-/m1/s1. The Kier molecular flexibility index (Phi) is 3.02. The SMILES string of the molecule is COc1ccc(OC)c2c1C[C@@](C)(O)C[C@H]2O. The van der Waals surface area contributed by atoms with E-state index in [4.69, 9.17) is 9.47 Å². The van der Waals surface area contributed by atoms with E-state index in [0.717, 1.165) is 11.1 Å². The molecule has 2 atom stereocenters. The Labute approximate surface area is 101 Å². The first-order valence-corrected chi connectivity index (χ1v) is 5.62. The number of aliphatic hydroxyl groups is 2. The Morgan fingerprint density at radius 3 is 2.41 bits per heavy atom. The normalized spacial score (nSPS) is 27.5. The zero-order valence-corrected chi connectivity index (χ0v) is 10.4. The quantitative estimate of drug-likeness (QED) is 0.818.